The minimum absolute atomic E-state index is 0.0783. The van der Waals surface area contributed by atoms with Crippen LogP contribution in [0.2, 0.25) is 0 Å². The van der Waals surface area contributed by atoms with Crippen LogP contribution in [0.1, 0.15) is 22.3 Å². The van der Waals surface area contributed by atoms with E-state index in [4.69, 9.17) is 0 Å². The highest BCUT2D eigenvalue weighted by molar-refractivity contribution is 5.90. The zero-order valence-corrected chi connectivity index (χ0v) is 35.9. The van der Waals surface area contributed by atoms with Crippen molar-refractivity contribution in [1.82, 2.24) is 0 Å². The second-order valence-corrected chi connectivity index (χ2v) is 16.5. The Balaban J connectivity index is 1.28. The second-order valence-electron chi connectivity index (χ2n) is 16.5. The van der Waals surface area contributed by atoms with Crippen molar-refractivity contribution in [2.45, 2.75) is 5.41 Å². The molecule has 0 aromatic heterocycles. The van der Waals surface area contributed by atoms with Gasteiger partial charge in [0.1, 0.15) is 0 Å². The van der Waals surface area contributed by atoms with Gasteiger partial charge in [0.2, 0.25) is 11.6 Å². The van der Waals surface area contributed by atoms with Crippen molar-refractivity contribution in [2.24, 2.45) is 0 Å². The van der Waals surface area contributed by atoms with Gasteiger partial charge in [0.25, 0.3) is 0 Å². The van der Waals surface area contributed by atoms with Crippen LogP contribution < -0.4 is 0 Å². The van der Waals surface area contributed by atoms with Gasteiger partial charge in [0, 0.05) is 0 Å². The van der Waals surface area contributed by atoms with E-state index in [2.05, 4.69) is 0 Å². The minimum Gasteiger partial charge on any atom is -0.203 e. The Morgan fingerprint density at radius 1 is 0.205 bits per heavy atom. The largest absolute Gasteiger partial charge is 0.203 e. The molecule has 0 saturated heterocycles. The minimum atomic E-state index is -2.86. The summed E-state index contributed by atoms with van der Waals surface area (Å²) < 4.78 is 275. The van der Waals surface area contributed by atoms with E-state index in [-0.39, 0.29) is 11.6 Å². The third-order valence-corrected chi connectivity index (χ3v) is 12.7. The topological polar surface area (TPSA) is 0 Å². The summed E-state index contributed by atoms with van der Waals surface area (Å²) in [5, 5.41) is 0. The average molecular weight is 1020 g/mol. The molecule has 0 nitrogen and oxygen atoms in total. The Morgan fingerprint density at radius 3 is 0.877 bits per heavy atom. The van der Waals surface area contributed by atoms with Crippen LogP contribution in [0.15, 0.2) is 121 Å². The first-order chi connectivity index (χ1) is 34.7. The van der Waals surface area contributed by atoms with Crippen molar-refractivity contribution in [3.05, 3.63) is 248 Å². The van der Waals surface area contributed by atoms with Gasteiger partial charge in [-0.05, 0) is 79.9 Å². The molecular formula is C55H20F18. The van der Waals surface area contributed by atoms with Crippen LogP contribution in [0.25, 0.3) is 66.8 Å². The number of rotatable bonds is 7. The van der Waals surface area contributed by atoms with Crippen molar-refractivity contribution in [1.29, 1.82) is 0 Å². The summed E-state index contributed by atoms with van der Waals surface area (Å²) in [5.41, 5.74) is -13.9. The lowest BCUT2D eigenvalue weighted by molar-refractivity contribution is 0.379. The predicted molar refractivity (Wildman–Crippen MR) is 230 cm³/mol. The van der Waals surface area contributed by atoms with Gasteiger partial charge in [-0.2, -0.15) is 0 Å². The lowest BCUT2D eigenvalue weighted by atomic mass is 9.67. The van der Waals surface area contributed by atoms with Gasteiger partial charge >= 0.3 is 0 Å². The molecule has 0 aliphatic heterocycles. The lowest BCUT2D eigenvalue weighted by Gasteiger charge is -2.34. The molecule has 9 aromatic carbocycles. The summed E-state index contributed by atoms with van der Waals surface area (Å²) in [6, 6.07) is 31.0. The molecule has 0 fully saturated rings. The Morgan fingerprint density at radius 2 is 0.493 bits per heavy atom. The van der Waals surface area contributed by atoms with Crippen LogP contribution in [-0.4, -0.2) is 0 Å². The normalized spacial score (nSPS) is 12.6. The summed E-state index contributed by atoms with van der Waals surface area (Å²) in [7, 11) is 0. The zero-order chi connectivity index (χ0) is 52.3. The van der Waals surface area contributed by atoms with E-state index >= 15 is 35.1 Å². The fourth-order valence-corrected chi connectivity index (χ4v) is 9.56. The maximum Gasteiger partial charge on any atom is 0.200 e. The van der Waals surface area contributed by atoms with E-state index in [1.807, 2.05) is 6.07 Å². The van der Waals surface area contributed by atoms with Crippen LogP contribution in [0, 0.1) is 105 Å². The van der Waals surface area contributed by atoms with E-state index in [0.29, 0.717) is 27.8 Å². The number of hydrogen-bond donors (Lipinski definition) is 0. The quantitative estimate of drug-likeness (QED) is 0.0848. The van der Waals surface area contributed by atoms with Crippen LogP contribution in [0.3, 0.4) is 0 Å². The summed E-state index contributed by atoms with van der Waals surface area (Å²) in [6.07, 6.45) is 0. The highest BCUT2D eigenvalue weighted by Gasteiger charge is 2.46. The Kier molecular flexibility index (Phi) is 11.6. The molecule has 73 heavy (non-hydrogen) atoms. The predicted octanol–water partition coefficient (Wildman–Crippen LogP) is 16.9. The summed E-state index contributed by atoms with van der Waals surface area (Å²) in [6.45, 7) is 0. The number of benzene rings is 9. The lowest BCUT2D eigenvalue weighted by Crippen LogP contribution is -2.28. The van der Waals surface area contributed by atoms with Crippen LogP contribution in [0.5, 0.6) is 0 Å². The molecule has 1 aliphatic carbocycles. The van der Waals surface area contributed by atoms with E-state index in [0.717, 1.165) is 17.7 Å². The van der Waals surface area contributed by atoms with Crippen LogP contribution in [0.4, 0.5) is 79.0 Å². The Labute approximate surface area is 398 Å². The van der Waals surface area contributed by atoms with Crippen LogP contribution >= 0.6 is 0 Å². The SMILES string of the molecule is Fc1c(F)c(F)c(-c2c(F)c(F)c(-c3cc(-c4ccc5c(c4)C(c4ccccc4)(c4ccccc4)c4ccccc4-5)cc(-c4c(F)c(F)c(-c5c(F)c(F)c(F)c(F)c5F)c(F)c4F)c3)c(F)c2F)c(F)c1F. The van der Waals surface area contributed by atoms with Gasteiger partial charge in [-0.15, -0.1) is 0 Å². The maximum absolute atomic E-state index is 16.5. The zero-order valence-electron chi connectivity index (χ0n) is 35.9. The molecule has 0 amide bonds. The van der Waals surface area contributed by atoms with Gasteiger partial charge in [-0.25, -0.2) is 79.0 Å². The van der Waals surface area contributed by atoms with Crippen molar-refractivity contribution >= 4 is 0 Å². The summed E-state index contributed by atoms with van der Waals surface area (Å²) >= 11 is 0. The molecule has 1 aliphatic rings. The highest BCUT2D eigenvalue weighted by Crippen LogP contribution is 2.57. The number of hydrogen-bond acceptors (Lipinski definition) is 0. The van der Waals surface area contributed by atoms with E-state index in [1.54, 1.807) is 84.9 Å². The molecule has 0 spiro atoms. The van der Waals surface area contributed by atoms with Gasteiger partial charge in [-0.1, -0.05) is 97.1 Å². The van der Waals surface area contributed by atoms with Gasteiger partial charge in [-0.3, -0.25) is 0 Å². The Hall–Kier alpha value is -8.28. The molecule has 0 radical (unpaired) electrons. The van der Waals surface area contributed by atoms with Crippen molar-refractivity contribution < 1.29 is 79.0 Å². The molecule has 0 atom stereocenters. The van der Waals surface area contributed by atoms with E-state index in [9.17, 15) is 43.9 Å². The fourth-order valence-electron chi connectivity index (χ4n) is 9.56. The second kappa shape index (κ2) is 17.5. The maximum atomic E-state index is 16.5. The van der Waals surface area contributed by atoms with Gasteiger partial charge < -0.3 is 0 Å². The Bertz CT molecular complexity index is 3520. The van der Waals surface area contributed by atoms with Crippen LogP contribution in [-0.2, 0) is 5.41 Å². The van der Waals surface area contributed by atoms with Crippen molar-refractivity contribution in [3.63, 3.8) is 0 Å². The standard InChI is InChI=1S/C55H20F18/c56-37-31(38(57)42(61)33(41(37)60)35-45(64)49(68)53(72)50(69)46(35)65)23-17-22(18-24(19-23)32-39(58)43(62)34(44(63)40(32)59)36-47(66)51(70)54(73)52(71)48(36)67)21-15-16-28-27-13-7-8-14-29(27)55(30(28)20-21,25-9-3-1-4-10-25)26-11-5-2-6-12-26/h1-20H. The summed E-state index contributed by atoms with van der Waals surface area (Å²) in [4.78, 5) is 0. The highest BCUT2D eigenvalue weighted by atomic mass is 19.2. The van der Waals surface area contributed by atoms with E-state index in [1.165, 1.54) is 12.1 Å². The average Bonchev–Trinajstić information content (AvgIpc) is 3.70. The molecule has 0 unspecified atom stereocenters. The monoisotopic (exact) mass is 1020 g/mol. The molecule has 0 N–H and O–H groups in total. The van der Waals surface area contributed by atoms with Crippen molar-refractivity contribution in [2.75, 3.05) is 0 Å². The third kappa shape index (κ3) is 6.89. The summed E-state index contributed by atoms with van der Waals surface area (Å²) in [5.74, 6) is -50.0. The fraction of sp³-hybridized carbons (Fsp3) is 0.0182. The van der Waals surface area contributed by atoms with E-state index < -0.39 is 160 Å². The number of fused-ring (bicyclic) bond motifs is 3. The molecule has 366 valence electrons. The first kappa shape index (κ1) is 48.4. The molecule has 18 heteroatoms. The molecule has 0 saturated carbocycles. The first-order valence-corrected chi connectivity index (χ1v) is 21.0. The van der Waals surface area contributed by atoms with Gasteiger partial charge in [0.05, 0.1) is 38.8 Å². The molecule has 10 rings (SSSR count). The first-order valence-electron chi connectivity index (χ1n) is 21.0. The van der Waals surface area contributed by atoms with Gasteiger partial charge in [0.15, 0.2) is 93.1 Å². The molecule has 0 bridgehead atoms. The van der Waals surface area contributed by atoms with Crippen molar-refractivity contribution in [3.8, 4) is 66.8 Å². The molecular weight excluding hydrogens is 1000 g/mol. The third-order valence-electron chi connectivity index (χ3n) is 12.7. The number of halogens is 18. The molecule has 0 heterocycles. The molecule has 9 aromatic rings. The smallest absolute Gasteiger partial charge is 0.200 e.